The molecule has 0 radical (unpaired) electrons. The summed E-state index contributed by atoms with van der Waals surface area (Å²) in [6, 6.07) is 20.4. The molecule has 0 spiro atoms. The minimum absolute atomic E-state index is 0.594. The van der Waals surface area contributed by atoms with E-state index in [-0.39, 0.29) is 0 Å². The van der Waals surface area contributed by atoms with Crippen LogP contribution >= 0.6 is 0 Å². The van der Waals surface area contributed by atoms with E-state index in [0.717, 1.165) is 35.7 Å². The Morgan fingerprint density at radius 1 is 0.833 bits per heavy atom. The predicted molar refractivity (Wildman–Crippen MR) is 100 cm³/mol. The molecule has 0 amide bonds. The van der Waals surface area contributed by atoms with Gasteiger partial charge in [-0.05, 0) is 43.2 Å². The fraction of sp³-hybridized carbons (Fsp3) is 0.200. The van der Waals surface area contributed by atoms with Crippen molar-refractivity contribution >= 4 is 23.1 Å². The van der Waals surface area contributed by atoms with Gasteiger partial charge in [-0.2, -0.15) is 4.98 Å². The zero-order valence-electron chi connectivity index (χ0n) is 14.1. The zero-order valence-corrected chi connectivity index (χ0v) is 14.1. The maximum atomic E-state index is 4.55. The van der Waals surface area contributed by atoms with Gasteiger partial charge >= 0.3 is 0 Å². The maximum Gasteiger partial charge on any atom is 0.229 e. The zero-order chi connectivity index (χ0) is 16.8. The summed E-state index contributed by atoms with van der Waals surface area (Å²) in [6.07, 6.45) is 2.26. The average Bonchev–Trinajstić information content (AvgIpc) is 2.57. The average molecular weight is 318 g/mol. The summed E-state index contributed by atoms with van der Waals surface area (Å²) in [5.74, 6) is 1.37. The van der Waals surface area contributed by atoms with Crippen LogP contribution in [-0.4, -0.2) is 9.97 Å². The second-order valence-corrected chi connectivity index (χ2v) is 5.78. The van der Waals surface area contributed by atoms with Crippen LogP contribution < -0.4 is 10.6 Å². The molecule has 0 fully saturated rings. The van der Waals surface area contributed by atoms with Gasteiger partial charge in [-0.3, -0.25) is 0 Å². The van der Waals surface area contributed by atoms with Crippen LogP contribution in [0.15, 0.2) is 60.7 Å². The van der Waals surface area contributed by atoms with E-state index in [9.17, 15) is 0 Å². The van der Waals surface area contributed by atoms with Crippen molar-refractivity contribution in [1.82, 2.24) is 9.97 Å². The molecule has 1 aromatic heterocycles. The number of aromatic nitrogens is 2. The van der Waals surface area contributed by atoms with E-state index in [1.807, 2.05) is 43.3 Å². The molecule has 0 aliphatic heterocycles. The minimum atomic E-state index is 0.594. The number of para-hydroxylation sites is 1. The van der Waals surface area contributed by atoms with E-state index in [2.05, 4.69) is 51.8 Å². The Kier molecular flexibility index (Phi) is 5.06. The summed E-state index contributed by atoms with van der Waals surface area (Å²) in [6.45, 7) is 4.15. The van der Waals surface area contributed by atoms with Gasteiger partial charge in [-0.1, -0.05) is 43.7 Å². The van der Waals surface area contributed by atoms with E-state index >= 15 is 0 Å². The number of benzene rings is 2. The third-order valence-corrected chi connectivity index (χ3v) is 3.65. The van der Waals surface area contributed by atoms with E-state index in [1.165, 1.54) is 5.56 Å². The third kappa shape index (κ3) is 4.32. The van der Waals surface area contributed by atoms with E-state index in [1.54, 1.807) is 0 Å². The SMILES string of the molecule is CCCc1ccc(Nc2nc(C)cc(Nc3ccccc3)n2)cc1. The Morgan fingerprint density at radius 2 is 1.54 bits per heavy atom. The lowest BCUT2D eigenvalue weighted by Gasteiger charge is -2.10. The monoisotopic (exact) mass is 318 g/mol. The molecule has 4 heteroatoms. The van der Waals surface area contributed by atoms with E-state index in [4.69, 9.17) is 0 Å². The lowest BCUT2D eigenvalue weighted by Crippen LogP contribution is -2.02. The van der Waals surface area contributed by atoms with Gasteiger partial charge in [0.05, 0.1) is 0 Å². The van der Waals surface area contributed by atoms with E-state index in [0.29, 0.717) is 5.95 Å². The number of aryl methyl sites for hydroxylation is 2. The number of nitrogens with zero attached hydrogens (tertiary/aromatic N) is 2. The van der Waals surface area contributed by atoms with Crippen LogP contribution in [-0.2, 0) is 6.42 Å². The molecular formula is C20H22N4. The first kappa shape index (κ1) is 16.0. The molecule has 0 aliphatic rings. The first-order valence-electron chi connectivity index (χ1n) is 8.26. The molecule has 2 aromatic carbocycles. The van der Waals surface area contributed by atoms with Crippen molar-refractivity contribution < 1.29 is 0 Å². The quantitative estimate of drug-likeness (QED) is 0.654. The molecule has 0 saturated carbocycles. The molecule has 0 unspecified atom stereocenters. The summed E-state index contributed by atoms with van der Waals surface area (Å²) in [7, 11) is 0. The summed E-state index contributed by atoms with van der Waals surface area (Å²) in [4.78, 5) is 9.02. The van der Waals surface area contributed by atoms with Gasteiger partial charge in [0, 0.05) is 23.1 Å². The van der Waals surface area contributed by atoms with E-state index < -0.39 is 0 Å². The second-order valence-electron chi connectivity index (χ2n) is 5.78. The number of hydrogen-bond donors (Lipinski definition) is 2. The van der Waals surface area contributed by atoms with Crippen LogP contribution in [0.5, 0.6) is 0 Å². The van der Waals surface area contributed by atoms with Crippen LogP contribution in [0, 0.1) is 6.92 Å². The molecular weight excluding hydrogens is 296 g/mol. The molecule has 1 heterocycles. The fourth-order valence-electron chi connectivity index (χ4n) is 2.53. The molecule has 4 nitrogen and oxygen atoms in total. The van der Waals surface area contributed by atoms with Crippen LogP contribution in [0.4, 0.5) is 23.1 Å². The first-order valence-corrected chi connectivity index (χ1v) is 8.26. The Morgan fingerprint density at radius 3 is 2.25 bits per heavy atom. The number of anilines is 4. The maximum absolute atomic E-state index is 4.55. The Labute approximate surface area is 143 Å². The highest BCUT2D eigenvalue weighted by atomic mass is 15.1. The number of rotatable bonds is 6. The molecule has 24 heavy (non-hydrogen) atoms. The lowest BCUT2D eigenvalue weighted by molar-refractivity contribution is 0.922. The smallest absolute Gasteiger partial charge is 0.229 e. The molecule has 2 N–H and O–H groups in total. The summed E-state index contributed by atoms with van der Waals surface area (Å²) in [5.41, 5.74) is 4.25. The minimum Gasteiger partial charge on any atom is -0.340 e. The Balaban J connectivity index is 1.76. The topological polar surface area (TPSA) is 49.8 Å². The van der Waals surface area contributed by atoms with Gasteiger partial charge in [-0.15, -0.1) is 0 Å². The fourth-order valence-corrected chi connectivity index (χ4v) is 2.53. The van der Waals surface area contributed by atoms with Crippen molar-refractivity contribution in [3.05, 3.63) is 71.9 Å². The van der Waals surface area contributed by atoms with Gasteiger partial charge in [0.1, 0.15) is 5.82 Å². The van der Waals surface area contributed by atoms with Gasteiger partial charge in [0.25, 0.3) is 0 Å². The van der Waals surface area contributed by atoms with Gasteiger partial charge < -0.3 is 10.6 Å². The Bertz CT molecular complexity index is 782. The van der Waals surface area contributed by atoms with Crippen LogP contribution in [0.25, 0.3) is 0 Å². The van der Waals surface area contributed by atoms with Gasteiger partial charge in [-0.25, -0.2) is 4.98 Å². The van der Waals surface area contributed by atoms with Crippen molar-refractivity contribution in [2.75, 3.05) is 10.6 Å². The van der Waals surface area contributed by atoms with Crippen LogP contribution in [0.3, 0.4) is 0 Å². The van der Waals surface area contributed by atoms with Crippen LogP contribution in [0.1, 0.15) is 24.6 Å². The molecule has 0 bridgehead atoms. The van der Waals surface area contributed by atoms with Crippen LogP contribution in [0.2, 0.25) is 0 Å². The highest BCUT2D eigenvalue weighted by Gasteiger charge is 2.04. The Hall–Kier alpha value is -2.88. The van der Waals surface area contributed by atoms with Crippen molar-refractivity contribution in [2.45, 2.75) is 26.7 Å². The third-order valence-electron chi connectivity index (χ3n) is 3.65. The largest absolute Gasteiger partial charge is 0.340 e. The lowest BCUT2D eigenvalue weighted by atomic mass is 10.1. The highest BCUT2D eigenvalue weighted by molar-refractivity contribution is 5.60. The first-order chi connectivity index (χ1) is 11.7. The van der Waals surface area contributed by atoms with Gasteiger partial charge in [0.2, 0.25) is 5.95 Å². The summed E-state index contributed by atoms with van der Waals surface area (Å²) < 4.78 is 0. The normalized spacial score (nSPS) is 10.4. The number of hydrogen-bond acceptors (Lipinski definition) is 4. The van der Waals surface area contributed by atoms with Crippen molar-refractivity contribution in [3.63, 3.8) is 0 Å². The highest BCUT2D eigenvalue weighted by Crippen LogP contribution is 2.19. The van der Waals surface area contributed by atoms with Crippen molar-refractivity contribution in [2.24, 2.45) is 0 Å². The molecule has 3 aromatic rings. The summed E-state index contributed by atoms with van der Waals surface area (Å²) >= 11 is 0. The molecule has 0 saturated heterocycles. The second kappa shape index (κ2) is 7.59. The number of nitrogens with one attached hydrogen (secondary N) is 2. The summed E-state index contributed by atoms with van der Waals surface area (Å²) in [5, 5.41) is 6.58. The predicted octanol–water partition coefficient (Wildman–Crippen LogP) is 5.22. The van der Waals surface area contributed by atoms with Gasteiger partial charge in [0.15, 0.2) is 0 Å². The molecule has 0 atom stereocenters. The van der Waals surface area contributed by atoms with Crippen molar-refractivity contribution in [1.29, 1.82) is 0 Å². The molecule has 0 aliphatic carbocycles. The van der Waals surface area contributed by atoms with Crippen molar-refractivity contribution in [3.8, 4) is 0 Å². The standard InChI is InChI=1S/C20H22N4/c1-3-7-16-10-12-18(13-11-16)23-20-21-15(2)14-19(24-20)22-17-8-5-4-6-9-17/h4-6,8-14H,3,7H2,1-2H3,(H2,21,22,23,24). The molecule has 3 rings (SSSR count). The molecule has 122 valence electrons.